The van der Waals surface area contributed by atoms with E-state index in [0.717, 1.165) is 10.8 Å². The predicted octanol–water partition coefficient (Wildman–Crippen LogP) is -0.431. The first-order valence-corrected chi connectivity index (χ1v) is 4.86. The van der Waals surface area contributed by atoms with E-state index in [1.165, 1.54) is 0 Å². The van der Waals surface area contributed by atoms with Crippen molar-refractivity contribution in [2.75, 3.05) is 0 Å². The van der Waals surface area contributed by atoms with Crippen LogP contribution in [-0.2, 0) is 6.54 Å². The minimum Gasteiger partial charge on any atom is -0.388 e. The van der Waals surface area contributed by atoms with Crippen molar-refractivity contribution in [3.63, 3.8) is 0 Å². The Balaban J connectivity index is 3.22. The van der Waals surface area contributed by atoms with E-state index in [4.69, 9.17) is 5.26 Å². The van der Waals surface area contributed by atoms with Crippen molar-refractivity contribution >= 4 is 0 Å². The average molecular weight is 223 g/mol. The molecular formula is C10H13N3O3. The van der Waals surface area contributed by atoms with E-state index in [-0.39, 0.29) is 12.1 Å². The van der Waals surface area contributed by atoms with Gasteiger partial charge in [-0.2, -0.15) is 5.26 Å². The van der Waals surface area contributed by atoms with Crippen molar-refractivity contribution < 1.29 is 5.11 Å². The van der Waals surface area contributed by atoms with Crippen molar-refractivity contribution in [1.29, 1.82) is 5.26 Å². The summed E-state index contributed by atoms with van der Waals surface area (Å²) in [5.41, 5.74) is -2.53. The molecule has 86 valence electrons. The van der Waals surface area contributed by atoms with Crippen LogP contribution < -0.4 is 11.2 Å². The summed E-state index contributed by atoms with van der Waals surface area (Å²) in [7, 11) is 0. The van der Waals surface area contributed by atoms with Crippen LogP contribution in [0.2, 0.25) is 0 Å². The Hall–Kier alpha value is -1.87. The van der Waals surface area contributed by atoms with Crippen LogP contribution in [0, 0.1) is 11.3 Å². The topological polar surface area (TPSA) is 98.9 Å². The zero-order valence-corrected chi connectivity index (χ0v) is 9.15. The molecule has 0 fully saturated rings. The third-order valence-electron chi connectivity index (χ3n) is 2.40. The molecule has 6 heteroatoms. The molecule has 0 radical (unpaired) electrons. The highest BCUT2D eigenvalue weighted by Gasteiger charge is 2.19. The van der Waals surface area contributed by atoms with Gasteiger partial charge in [0.05, 0.1) is 12.1 Å². The summed E-state index contributed by atoms with van der Waals surface area (Å²) in [5.74, 6) is 0. The highest BCUT2D eigenvalue weighted by molar-refractivity contribution is 5.21. The number of nitrogens with zero attached hydrogens (tertiary/aromatic N) is 2. The summed E-state index contributed by atoms with van der Waals surface area (Å²) in [6, 6.07) is 1.68. The van der Waals surface area contributed by atoms with Gasteiger partial charge in [0.15, 0.2) is 0 Å². The van der Waals surface area contributed by atoms with Crippen LogP contribution in [0.5, 0.6) is 0 Å². The monoisotopic (exact) mass is 223 g/mol. The predicted molar refractivity (Wildman–Crippen MR) is 57.0 cm³/mol. The Morgan fingerprint density at radius 1 is 1.62 bits per heavy atom. The third kappa shape index (κ3) is 2.58. The smallest absolute Gasteiger partial charge is 0.328 e. The zero-order chi connectivity index (χ0) is 12.3. The number of nitrogens with one attached hydrogen (secondary N) is 1. The maximum absolute atomic E-state index is 11.4. The molecule has 0 aliphatic heterocycles. The summed E-state index contributed by atoms with van der Waals surface area (Å²) in [6.07, 6.45) is 1.62. The number of hydrogen-bond acceptors (Lipinski definition) is 4. The molecule has 1 rings (SSSR count). The van der Waals surface area contributed by atoms with Crippen molar-refractivity contribution in [2.24, 2.45) is 0 Å². The van der Waals surface area contributed by atoms with Crippen molar-refractivity contribution in [1.82, 2.24) is 9.55 Å². The van der Waals surface area contributed by atoms with E-state index in [1.54, 1.807) is 19.9 Å². The van der Waals surface area contributed by atoms with Crippen LogP contribution >= 0.6 is 0 Å². The lowest BCUT2D eigenvalue weighted by atomic mass is 10.0. The first-order chi connectivity index (χ1) is 7.39. The fourth-order valence-electron chi connectivity index (χ4n) is 1.19. The lowest BCUT2D eigenvalue weighted by molar-refractivity contribution is 0.0365. The van der Waals surface area contributed by atoms with Gasteiger partial charge in [0, 0.05) is 6.20 Å². The van der Waals surface area contributed by atoms with E-state index in [1.807, 2.05) is 4.98 Å². The molecular weight excluding hydrogens is 210 g/mol. The highest BCUT2D eigenvalue weighted by Crippen LogP contribution is 2.09. The van der Waals surface area contributed by atoms with Crippen molar-refractivity contribution in [2.45, 2.75) is 32.4 Å². The summed E-state index contributed by atoms with van der Waals surface area (Å²) in [6.45, 7) is 3.40. The first-order valence-electron chi connectivity index (χ1n) is 4.86. The van der Waals surface area contributed by atoms with E-state index in [0.29, 0.717) is 6.42 Å². The van der Waals surface area contributed by atoms with E-state index in [9.17, 15) is 14.7 Å². The molecule has 0 aliphatic rings. The number of hydrogen-bond donors (Lipinski definition) is 2. The van der Waals surface area contributed by atoms with Gasteiger partial charge in [-0.05, 0) is 13.3 Å². The standard InChI is InChI=1S/C10H13N3O3/c1-3-10(2,16)6-13-5-7(4-11)8(14)12-9(13)15/h5,16H,3,6H2,1-2H3,(H,12,14,15). The summed E-state index contributed by atoms with van der Waals surface area (Å²) in [5, 5.41) is 18.4. The number of aromatic amines is 1. The van der Waals surface area contributed by atoms with Crippen LogP contribution in [-0.4, -0.2) is 20.3 Å². The molecule has 16 heavy (non-hydrogen) atoms. The summed E-state index contributed by atoms with van der Waals surface area (Å²) < 4.78 is 1.13. The van der Waals surface area contributed by atoms with E-state index >= 15 is 0 Å². The second kappa shape index (κ2) is 4.33. The van der Waals surface area contributed by atoms with Gasteiger partial charge in [-0.1, -0.05) is 6.92 Å². The van der Waals surface area contributed by atoms with Crippen LogP contribution in [0.1, 0.15) is 25.8 Å². The van der Waals surface area contributed by atoms with E-state index in [2.05, 4.69) is 0 Å². The van der Waals surface area contributed by atoms with Crippen LogP contribution in [0.4, 0.5) is 0 Å². The molecule has 2 N–H and O–H groups in total. The molecule has 1 aromatic rings. The lowest BCUT2D eigenvalue weighted by Gasteiger charge is -2.21. The van der Waals surface area contributed by atoms with Gasteiger partial charge in [-0.15, -0.1) is 0 Å². The van der Waals surface area contributed by atoms with Gasteiger partial charge in [-0.25, -0.2) is 4.79 Å². The largest absolute Gasteiger partial charge is 0.388 e. The molecule has 0 amide bonds. The minimum absolute atomic E-state index is 0.0355. The molecule has 0 spiro atoms. The summed E-state index contributed by atoms with van der Waals surface area (Å²) >= 11 is 0. The second-order valence-corrected chi connectivity index (χ2v) is 3.89. The fraction of sp³-hybridized carbons (Fsp3) is 0.500. The Kier molecular flexibility index (Phi) is 3.30. The van der Waals surface area contributed by atoms with Gasteiger partial charge < -0.3 is 5.11 Å². The Morgan fingerprint density at radius 2 is 2.25 bits per heavy atom. The van der Waals surface area contributed by atoms with Crippen molar-refractivity contribution in [3.05, 3.63) is 32.6 Å². The van der Waals surface area contributed by atoms with Crippen LogP contribution in [0.15, 0.2) is 15.8 Å². The van der Waals surface area contributed by atoms with Gasteiger partial charge in [0.1, 0.15) is 11.6 Å². The van der Waals surface area contributed by atoms with Gasteiger partial charge >= 0.3 is 5.69 Å². The van der Waals surface area contributed by atoms with Crippen molar-refractivity contribution in [3.8, 4) is 6.07 Å². The number of aromatic nitrogens is 2. The van der Waals surface area contributed by atoms with Gasteiger partial charge in [0.25, 0.3) is 5.56 Å². The minimum atomic E-state index is -1.05. The number of nitriles is 1. The van der Waals surface area contributed by atoms with Gasteiger partial charge in [0.2, 0.25) is 0 Å². The Bertz CT molecular complexity index is 533. The fourth-order valence-corrected chi connectivity index (χ4v) is 1.19. The molecule has 1 aromatic heterocycles. The zero-order valence-electron chi connectivity index (χ0n) is 9.15. The molecule has 0 saturated heterocycles. The molecule has 1 heterocycles. The number of rotatable bonds is 3. The highest BCUT2D eigenvalue weighted by atomic mass is 16.3. The quantitative estimate of drug-likeness (QED) is 0.726. The normalized spacial score (nSPS) is 14.1. The molecule has 0 saturated carbocycles. The molecule has 0 bridgehead atoms. The maximum atomic E-state index is 11.4. The Morgan fingerprint density at radius 3 is 2.75 bits per heavy atom. The first kappa shape index (κ1) is 12.2. The second-order valence-electron chi connectivity index (χ2n) is 3.89. The molecule has 0 aromatic carbocycles. The lowest BCUT2D eigenvalue weighted by Crippen LogP contribution is -2.38. The maximum Gasteiger partial charge on any atom is 0.328 e. The molecule has 1 atom stereocenters. The molecule has 6 nitrogen and oxygen atoms in total. The Labute approximate surface area is 91.8 Å². The number of H-pyrrole nitrogens is 1. The third-order valence-corrected chi connectivity index (χ3v) is 2.40. The SMILES string of the molecule is CCC(C)(O)Cn1cc(C#N)c(=O)[nH]c1=O. The van der Waals surface area contributed by atoms with Gasteiger partial charge in [-0.3, -0.25) is 14.3 Å². The average Bonchev–Trinajstić information content (AvgIpc) is 2.22. The van der Waals surface area contributed by atoms with E-state index < -0.39 is 16.9 Å². The molecule has 1 unspecified atom stereocenters. The van der Waals surface area contributed by atoms with Crippen LogP contribution in [0.3, 0.4) is 0 Å². The number of aliphatic hydroxyl groups is 1. The summed E-state index contributed by atoms with van der Waals surface area (Å²) in [4.78, 5) is 24.5. The van der Waals surface area contributed by atoms with Crippen LogP contribution in [0.25, 0.3) is 0 Å². The molecule has 0 aliphatic carbocycles.